The maximum absolute atomic E-state index is 11.9. The lowest BCUT2D eigenvalue weighted by Crippen LogP contribution is -2.38. The van der Waals surface area contributed by atoms with Crippen LogP contribution in [0, 0.1) is 12.3 Å². The molecule has 1 amide bonds. The van der Waals surface area contributed by atoms with Gasteiger partial charge in [0.1, 0.15) is 5.75 Å². The van der Waals surface area contributed by atoms with Crippen molar-refractivity contribution < 1.29 is 9.90 Å². The standard InChI is InChI=1S/C13H20N2O2/c1-9-6-10(16)4-5-11(9)12(17)15-8-13(2,3)7-14/h4-6,16H,7-8,14H2,1-3H3,(H,15,17). The van der Waals surface area contributed by atoms with E-state index in [9.17, 15) is 9.90 Å². The lowest BCUT2D eigenvalue weighted by molar-refractivity contribution is 0.0937. The zero-order valence-corrected chi connectivity index (χ0v) is 10.6. The predicted molar refractivity (Wildman–Crippen MR) is 68.0 cm³/mol. The molecule has 0 aliphatic carbocycles. The molecule has 0 aromatic heterocycles. The van der Waals surface area contributed by atoms with Gasteiger partial charge < -0.3 is 16.2 Å². The second-order valence-corrected chi connectivity index (χ2v) is 5.05. The largest absolute Gasteiger partial charge is 0.508 e. The first-order valence-corrected chi connectivity index (χ1v) is 5.63. The second-order valence-electron chi connectivity index (χ2n) is 5.05. The van der Waals surface area contributed by atoms with E-state index in [2.05, 4.69) is 5.32 Å². The van der Waals surface area contributed by atoms with Crippen LogP contribution in [-0.4, -0.2) is 24.1 Å². The van der Waals surface area contributed by atoms with E-state index in [0.29, 0.717) is 18.7 Å². The quantitative estimate of drug-likeness (QED) is 0.740. The Morgan fingerprint density at radius 3 is 2.65 bits per heavy atom. The highest BCUT2D eigenvalue weighted by molar-refractivity contribution is 5.95. The van der Waals surface area contributed by atoms with Gasteiger partial charge in [-0.2, -0.15) is 0 Å². The number of benzene rings is 1. The zero-order chi connectivity index (χ0) is 13.1. The van der Waals surface area contributed by atoms with Gasteiger partial charge in [0.05, 0.1) is 0 Å². The third-order valence-corrected chi connectivity index (χ3v) is 2.73. The van der Waals surface area contributed by atoms with Gasteiger partial charge >= 0.3 is 0 Å². The third kappa shape index (κ3) is 3.75. The average molecular weight is 236 g/mol. The smallest absolute Gasteiger partial charge is 0.251 e. The van der Waals surface area contributed by atoms with Crippen molar-refractivity contribution in [3.63, 3.8) is 0 Å². The SMILES string of the molecule is Cc1cc(O)ccc1C(=O)NCC(C)(C)CN. The number of carbonyl (C=O) groups excluding carboxylic acids is 1. The molecule has 1 rings (SSSR count). The summed E-state index contributed by atoms with van der Waals surface area (Å²) in [6, 6.07) is 4.70. The molecular weight excluding hydrogens is 216 g/mol. The fourth-order valence-electron chi connectivity index (χ4n) is 1.39. The Hall–Kier alpha value is -1.55. The summed E-state index contributed by atoms with van der Waals surface area (Å²) in [5, 5.41) is 12.1. The molecule has 0 spiro atoms. The van der Waals surface area contributed by atoms with Crippen LogP contribution in [0.2, 0.25) is 0 Å². The highest BCUT2D eigenvalue weighted by atomic mass is 16.3. The molecule has 0 unspecified atom stereocenters. The van der Waals surface area contributed by atoms with Crippen LogP contribution in [0.5, 0.6) is 5.75 Å². The number of amides is 1. The van der Waals surface area contributed by atoms with Gasteiger partial charge in [-0.15, -0.1) is 0 Å². The van der Waals surface area contributed by atoms with E-state index in [1.165, 1.54) is 6.07 Å². The van der Waals surface area contributed by atoms with Gasteiger partial charge in [-0.05, 0) is 42.6 Å². The van der Waals surface area contributed by atoms with Crippen LogP contribution in [-0.2, 0) is 0 Å². The Morgan fingerprint density at radius 1 is 1.47 bits per heavy atom. The number of hydrogen-bond donors (Lipinski definition) is 3. The van der Waals surface area contributed by atoms with E-state index in [1.54, 1.807) is 19.1 Å². The number of phenols is 1. The van der Waals surface area contributed by atoms with Crippen LogP contribution in [0.15, 0.2) is 18.2 Å². The van der Waals surface area contributed by atoms with Crippen molar-refractivity contribution in [2.24, 2.45) is 11.1 Å². The molecule has 17 heavy (non-hydrogen) atoms. The molecule has 4 nitrogen and oxygen atoms in total. The van der Waals surface area contributed by atoms with Crippen molar-refractivity contribution in [2.45, 2.75) is 20.8 Å². The molecular formula is C13H20N2O2. The first-order chi connectivity index (χ1) is 7.85. The summed E-state index contributed by atoms with van der Waals surface area (Å²) in [5.74, 6) is 0.0327. The highest BCUT2D eigenvalue weighted by Crippen LogP contribution is 2.16. The van der Waals surface area contributed by atoms with E-state index in [-0.39, 0.29) is 17.1 Å². The van der Waals surface area contributed by atoms with E-state index >= 15 is 0 Å². The minimum absolute atomic E-state index is 0.111. The number of phenolic OH excluding ortho intramolecular Hbond substituents is 1. The van der Waals surface area contributed by atoms with Gasteiger partial charge in [-0.1, -0.05) is 13.8 Å². The molecule has 0 aliphatic rings. The van der Waals surface area contributed by atoms with Crippen LogP contribution in [0.1, 0.15) is 29.8 Å². The minimum atomic E-state index is -0.135. The molecule has 1 aromatic rings. The molecule has 0 radical (unpaired) electrons. The first-order valence-electron chi connectivity index (χ1n) is 5.63. The van der Waals surface area contributed by atoms with Gasteiger partial charge in [0.25, 0.3) is 5.91 Å². The van der Waals surface area contributed by atoms with Crippen molar-refractivity contribution in [3.05, 3.63) is 29.3 Å². The van der Waals surface area contributed by atoms with Gasteiger partial charge in [0, 0.05) is 12.1 Å². The fraction of sp³-hybridized carbons (Fsp3) is 0.462. The van der Waals surface area contributed by atoms with Crippen molar-refractivity contribution >= 4 is 5.91 Å². The topological polar surface area (TPSA) is 75.3 Å². The fourth-order valence-corrected chi connectivity index (χ4v) is 1.39. The maximum Gasteiger partial charge on any atom is 0.251 e. The van der Waals surface area contributed by atoms with Crippen molar-refractivity contribution in [1.29, 1.82) is 0 Å². The van der Waals surface area contributed by atoms with Gasteiger partial charge in [0.15, 0.2) is 0 Å². The van der Waals surface area contributed by atoms with Gasteiger partial charge in [-0.25, -0.2) is 0 Å². The summed E-state index contributed by atoms with van der Waals surface area (Å²) in [6.45, 7) is 6.83. The van der Waals surface area contributed by atoms with Crippen LogP contribution >= 0.6 is 0 Å². The number of hydrogen-bond acceptors (Lipinski definition) is 3. The van der Waals surface area contributed by atoms with Crippen molar-refractivity contribution in [1.82, 2.24) is 5.32 Å². The number of aryl methyl sites for hydroxylation is 1. The number of carbonyl (C=O) groups is 1. The monoisotopic (exact) mass is 236 g/mol. The predicted octanol–water partition coefficient (Wildman–Crippen LogP) is 1.42. The first kappa shape index (κ1) is 13.5. The second kappa shape index (κ2) is 5.19. The molecule has 0 fully saturated rings. The number of aromatic hydroxyl groups is 1. The van der Waals surface area contributed by atoms with Crippen LogP contribution < -0.4 is 11.1 Å². The third-order valence-electron chi connectivity index (χ3n) is 2.73. The normalized spacial score (nSPS) is 11.3. The van der Waals surface area contributed by atoms with Gasteiger partial charge in [0.2, 0.25) is 0 Å². The van der Waals surface area contributed by atoms with Crippen LogP contribution in [0.25, 0.3) is 0 Å². The Balaban J connectivity index is 2.71. The molecule has 1 aromatic carbocycles. The average Bonchev–Trinajstić information content (AvgIpc) is 2.26. The number of nitrogens with two attached hydrogens (primary N) is 1. The highest BCUT2D eigenvalue weighted by Gasteiger charge is 2.17. The molecule has 4 N–H and O–H groups in total. The summed E-state index contributed by atoms with van der Waals surface area (Å²) >= 11 is 0. The number of nitrogens with one attached hydrogen (secondary N) is 1. The molecule has 0 atom stereocenters. The summed E-state index contributed by atoms with van der Waals surface area (Å²) in [7, 11) is 0. The van der Waals surface area contributed by atoms with Crippen LogP contribution in [0.4, 0.5) is 0 Å². The lowest BCUT2D eigenvalue weighted by Gasteiger charge is -2.22. The lowest BCUT2D eigenvalue weighted by atomic mass is 9.93. The molecule has 0 saturated heterocycles. The summed E-state index contributed by atoms with van der Waals surface area (Å²) in [5.41, 5.74) is 6.82. The molecule has 0 heterocycles. The number of rotatable bonds is 4. The molecule has 0 bridgehead atoms. The van der Waals surface area contributed by atoms with Crippen molar-refractivity contribution in [3.8, 4) is 5.75 Å². The maximum atomic E-state index is 11.9. The molecule has 0 saturated carbocycles. The zero-order valence-electron chi connectivity index (χ0n) is 10.6. The molecule has 94 valence electrons. The Bertz CT molecular complexity index is 414. The molecule has 4 heteroatoms. The Morgan fingerprint density at radius 2 is 2.12 bits per heavy atom. The summed E-state index contributed by atoms with van der Waals surface area (Å²) in [6.07, 6.45) is 0. The summed E-state index contributed by atoms with van der Waals surface area (Å²) < 4.78 is 0. The minimum Gasteiger partial charge on any atom is -0.508 e. The Kier molecular flexibility index (Phi) is 4.12. The van der Waals surface area contributed by atoms with Crippen LogP contribution in [0.3, 0.4) is 0 Å². The van der Waals surface area contributed by atoms with E-state index in [1.807, 2.05) is 13.8 Å². The van der Waals surface area contributed by atoms with E-state index in [0.717, 1.165) is 5.56 Å². The van der Waals surface area contributed by atoms with Crippen molar-refractivity contribution in [2.75, 3.05) is 13.1 Å². The van der Waals surface area contributed by atoms with Gasteiger partial charge in [-0.3, -0.25) is 4.79 Å². The summed E-state index contributed by atoms with van der Waals surface area (Å²) in [4.78, 5) is 11.9. The molecule has 0 aliphatic heterocycles. The Labute approximate surface area is 102 Å². The van der Waals surface area contributed by atoms with E-state index < -0.39 is 0 Å². The van der Waals surface area contributed by atoms with E-state index in [4.69, 9.17) is 5.73 Å².